The Morgan fingerprint density at radius 3 is 2.83 bits per heavy atom. The first kappa shape index (κ1) is 24.6. The number of fused-ring (bicyclic) bond motifs is 1. The van der Waals surface area contributed by atoms with Crippen LogP contribution >= 0.6 is 0 Å². The lowest BCUT2D eigenvalue weighted by molar-refractivity contribution is -0.0533. The predicted molar refractivity (Wildman–Crippen MR) is 133 cm³/mol. The summed E-state index contributed by atoms with van der Waals surface area (Å²) in [6.07, 6.45) is 6.69. The lowest BCUT2D eigenvalue weighted by Crippen LogP contribution is -2.54. The number of nitrogens with zero attached hydrogens (tertiary/aromatic N) is 6. The molecule has 2 aromatic rings. The van der Waals surface area contributed by atoms with Crippen LogP contribution in [0.3, 0.4) is 0 Å². The van der Waals surface area contributed by atoms with Crippen LogP contribution in [-0.4, -0.2) is 83.9 Å². The zero-order valence-electron chi connectivity index (χ0n) is 20.9. The smallest absolute Gasteiger partial charge is 0.272 e. The molecule has 0 radical (unpaired) electrons. The molecule has 0 aromatic carbocycles. The van der Waals surface area contributed by atoms with Crippen molar-refractivity contribution < 1.29 is 14.3 Å². The molecular weight excluding hydrogens is 458 g/mol. The van der Waals surface area contributed by atoms with Crippen molar-refractivity contribution in [3.8, 4) is 6.07 Å². The zero-order valence-corrected chi connectivity index (χ0v) is 20.9. The van der Waals surface area contributed by atoms with Gasteiger partial charge in [0.2, 0.25) is 0 Å². The molecule has 190 valence electrons. The quantitative estimate of drug-likeness (QED) is 0.666. The fourth-order valence-corrected chi connectivity index (χ4v) is 5.48. The number of rotatable bonds is 5. The Morgan fingerprint density at radius 1 is 1.22 bits per heavy atom. The van der Waals surface area contributed by atoms with E-state index < -0.39 is 0 Å². The van der Waals surface area contributed by atoms with Crippen molar-refractivity contribution in [1.82, 2.24) is 25.2 Å². The minimum absolute atomic E-state index is 0.0405. The van der Waals surface area contributed by atoms with Crippen LogP contribution in [0.5, 0.6) is 0 Å². The van der Waals surface area contributed by atoms with Crippen LogP contribution in [-0.2, 0) is 22.4 Å². The normalized spacial score (nSPS) is 22.7. The van der Waals surface area contributed by atoms with E-state index in [1.54, 1.807) is 13.3 Å². The third-order valence-corrected chi connectivity index (χ3v) is 7.57. The number of aromatic nitrogens is 3. The van der Waals surface area contributed by atoms with Crippen LogP contribution in [0.4, 0.5) is 5.82 Å². The van der Waals surface area contributed by atoms with Gasteiger partial charge in [-0.2, -0.15) is 5.26 Å². The second-order valence-corrected chi connectivity index (χ2v) is 9.76. The molecule has 2 fully saturated rings. The van der Waals surface area contributed by atoms with Crippen molar-refractivity contribution in [2.75, 3.05) is 44.9 Å². The SMILES string of the molecule is COC1COCCC1NC1CCN(C(=O)c2ncnc(N3CCc4ncc(C#N)cc4C3)c2C)CC1. The molecule has 2 saturated heterocycles. The molecule has 5 heterocycles. The number of anilines is 1. The van der Waals surface area contributed by atoms with Crippen LogP contribution in [0.25, 0.3) is 0 Å². The number of nitrogens with one attached hydrogen (secondary N) is 1. The average Bonchev–Trinajstić information content (AvgIpc) is 2.93. The minimum atomic E-state index is -0.0405. The minimum Gasteiger partial charge on any atom is -0.379 e. The number of methoxy groups -OCH3 is 1. The van der Waals surface area contributed by atoms with Gasteiger partial charge >= 0.3 is 0 Å². The number of carbonyl (C=O) groups is 1. The first-order chi connectivity index (χ1) is 17.6. The largest absolute Gasteiger partial charge is 0.379 e. The van der Waals surface area contributed by atoms with Gasteiger partial charge in [0, 0.05) is 75.9 Å². The van der Waals surface area contributed by atoms with E-state index in [9.17, 15) is 10.1 Å². The Balaban J connectivity index is 1.23. The Labute approximate surface area is 211 Å². The molecule has 1 amide bonds. The first-order valence-electron chi connectivity index (χ1n) is 12.7. The number of carbonyl (C=O) groups excluding carboxylic acids is 1. The molecule has 5 rings (SSSR count). The van der Waals surface area contributed by atoms with Gasteiger partial charge in [-0.05, 0) is 37.8 Å². The molecule has 2 aromatic heterocycles. The van der Waals surface area contributed by atoms with Gasteiger partial charge in [-0.15, -0.1) is 0 Å². The molecule has 0 bridgehead atoms. The number of ether oxygens (including phenoxy) is 2. The summed E-state index contributed by atoms with van der Waals surface area (Å²) < 4.78 is 11.1. The Hall–Kier alpha value is -3.13. The number of amides is 1. The van der Waals surface area contributed by atoms with E-state index in [-0.39, 0.29) is 18.1 Å². The van der Waals surface area contributed by atoms with E-state index in [1.807, 2.05) is 17.9 Å². The summed E-state index contributed by atoms with van der Waals surface area (Å²) in [5.74, 6) is 0.726. The fraction of sp³-hybridized carbons (Fsp3) is 0.577. The summed E-state index contributed by atoms with van der Waals surface area (Å²) in [6.45, 7) is 6.04. The lowest BCUT2D eigenvalue weighted by Gasteiger charge is -2.38. The summed E-state index contributed by atoms with van der Waals surface area (Å²) in [7, 11) is 1.73. The molecule has 2 atom stereocenters. The van der Waals surface area contributed by atoms with Crippen molar-refractivity contribution >= 4 is 11.7 Å². The van der Waals surface area contributed by atoms with Gasteiger partial charge in [0.15, 0.2) is 0 Å². The Bertz CT molecular complexity index is 1140. The molecule has 3 aliphatic rings. The van der Waals surface area contributed by atoms with Crippen molar-refractivity contribution in [1.29, 1.82) is 5.26 Å². The van der Waals surface area contributed by atoms with Gasteiger partial charge in [-0.25, -0.2) is 9.97 Å². The van der Waals surface area contributed by atoms with E-state index in [4.69, 9.17) is 9.47 Å². The molecule has 3 aliphatic heterocycles. The average molecular weight is 492 g/mol. The first-order valence-corrected chi connectivity index (χ1v) is 12.7. The number of pyridine rings is 1. The Kier molecular flexibility index (Phi) is 7.41. The molecule has 1 N–H and O–H groups in total. The van der Waals surface area contributed by atoms with E-state index in [0.717, 1.165) is 61.5 Å². The summed E-state index contributed by atoms with van der Waals surface area (Å²) in [5.41, 5.74) is 3.85. The second-order valence-electron chi connectivity index (χ2n) is 9.76. The predicted octanol–water partition coefficient (Wildman–Crippen LogP) is 1.61. The number of nitriles is 1. The summed E-state index contributed by atoms with van der Waals surface area (Å²) >= 11 is 0. The molecule has 10 heteroatoms. The number of hydrogen-bond donors (Lipinski definition) is 1. The highest BCUT2D eigenvalue weighted by atomic mass is 16.5. The Morgan fingerprint density at radius 2 is 2.06 bits per heavy atom. The highest BCUT2D eigenvalue weighted by Gasteiger charge is 2.31. The summed E-state index contributed by atoms with van der Waals surface area (Å²) in [5, 5.41) is 13.0. The maximum absolute atomic E-state index is 13.4. The molecular formula is C26H33N7O3. The van der Waals surface area contributed by atoms with Crippen molar-refractivity contribution in [3.63, 3.8) is 0 Å². The van der Waals surface area contributed by atoms with E-state index >= 15 is 0 Å². The van der Waals surface area contributed by atoms with Gasteiger partial charge in [0.25, 0.3) is 5.91 Å². The molecule has 0 spiro atoms. The highest BCUT2D eigenvalue weighted by molar-refractivity contribution is 5.94. The van der Waals surface area contributed by atoms with E-state index in [0.29, 0.717) is 43.5 Å². The van der Waals surface area contributed by atoms with Crippen LogP contribution in [0.15, 0.2) is 18.6 Å². The maximum Gasteiger partial charge on any atom is 0.272 e. The van der Waals surface area contributed by atoms with E-state index in [2.05, 4.69) is 31.2 Å². The monoisotopic (exact) mass is 491 g/mol. The topological polar surface area (TPSA) is 116 Å². The zero-order chi connectivity index (χ0) is 25.1. The standard InChI is InChI=1S/C26H33N7O3/c1-17-24(26(34)32-7-3-20(4-8-32)31-22-6-10-36-15-23(22)35-2)29-16-30-25(17)33-9-5-21-19(14-33)11-18(12-27)13-28-21/h11,13,16,20,22-23,31H,3-10,14-15H2,1-2H3. The fourth-order valence-electron chi connectivity index (χ4n) is 5.48. The second kappa shape index (κ2) is 10.9. The van der Waals surface area contributed by atoms with Crippen LogP contribution in [0.1, 0.15) is 52.1 Å². The van der Waals surface area contributed by atoms with Crippen LogP contribution in [0, 0.1) is 18.3 Å². The number of piperidine rings is 1. The summed E-state index contributed by atoms with van der Waals surface area (Å²) in [4.78, 5) is 30.8. The van der Waals surface area contributed by atoms with Gasteiger partial charge in [0.05, 0.1) is 18.3 Å². The third-order valence-electron chi connectivity index (χ3n) is 7.57. The van der Waals surface area contributed by atoms with Crippen LogP contribution < -0.4 is 10.2 Å². The van der Waals surface area contributed by atoms with Crippen molar-refractivity contribution in [2.45, 2.75) is 57.3 Å². The van der Waals surface area contributed by atoms with Crippen LogP contribution in [0.2, 0.25) is 0 Å². The highest BCUT2D eigenvalue weighted by Crippen LogP contribution is 2.27. The van der Waals surface area contributed by atoms with Crippen molar-refractivity contribution in [2.24, 2.45) is 0 Å². The van der Waals surface area contributed by atoms with E-state index in [1.165, 1.54) is 6.33 Å². The van der Waals surface area contributed by atoms with Gasteiger partial charge < -0.3 is 24.6 Å². The molecule has 0 saturated carbocycles. The molecule has 0 aliphatic carbocycles. The number of hydrogen-bond acceptors (Lipinski definition) is 9. The van der Waals surface area contributed by atoms with Gasteiger partial charge in [0.1, 0.15) is 23.9 Å². The number of likely N-dealkylation sites (tertiary alicyclic amines) is 1. The third kappa shape index (κ3) is 5.05. The lowest BCUT2D eigenvalue weighted by atomic mass is 9.99. The van der Waals surface area contributed by atoms with Gasteiger partial charge in [-0.1, -0.05) is 0 Å². The maximum atomic E-state index is 13.4. The van der Waals surface area contributed by atoms with Gasteiger partial charge in [-0.3, -0.25) is 9.78 Å². The van der Waals surface area contributed by atoms with Crippen molar-refractivity contribution in [3.05, 3.63) is 46.7 Å². The molecule has 10 nitrogen and oxygen atoms in total. The summed E-state index contributed by atoms with van der Waals surface area (Å²) in [6, 6.07) is 4.70. The molecule has 36 heavy (non-hydrogen) atoms. The molecule has 2 unspecified atom stereocenters.